The third-order valence-electron chi connectivity index (χ3n) is 3.93. The number of ether oxygens (including phenoxy) is 1. The molecule has 0 atom stereocenters. The molecule has 0 bridgehead atoms. The van der Waals surface area contributed by atoms with E-state index in [1.54, 1.807) is 0 Å². The van der Waals surface area contributed by atoms with Gasteiger partial charge in [-0.2, -0.15) is 0 Å². The largest absolute Gasteiger partial charge is 0.465 e. The fourth-order valence-electron chi connectivity index (χ4n) is 2.38. The molecular weight excluding hydrogens is 216 g/mol. The number of nitrogens with one attached hydrogen (secondary N) is 1. The monoisotopic (exact) mass is 240 g/mol. The van der Waals surface area contributed by atoms with E-state index in [0.29, 0.717) is 6.61 Å². The van der Waals surface area contributed by atoms with E-state index in [1.165, 1.54) is 12.8 Å². The number of carbonyl (C=O) groups is 1. The fraction of sp³-hybridized carbons (Fsp3) is 0.923. The quantitative estimate of drug-likeness (QED) is 0.728. The molecule has 98 valence electrons. The lowest BCUT2D eigenvalue weighted by Crippen LogP contribution is -2.59. The Hall–Kier alpha value is -0.610. The minimum Gasteiger partial charge on any atom is -0.465 e. The maximum Gasteiger partial charge on any atom is 0.326 e. The summed E-state index contributed by atoms with van der Waals surface area (Å²) in [6.45, 7) is 5.26. The number of carbonyl (C=O) groups excluding carboxylic acids is 1. The van der Waals surface area contributed by atoms with Gasteiger partial charge in [0.05, 0.1) is 6.61 Å². The SMILES string of the molecule is CCOC(=O)C1(NCC2CC2)CCN(C)CC1. The maximum absolute atomic E-state index is 12.2. The molecule has 1 aliphatic carbocycles. The van der Waals surface area contributed by atoms with Gasteiger partial charge in [0.15, 0.2) is 0 Å². The van der Waals surface area contributed by atoms with Gasteiger partial charge in [0.1, 0.15) is 5.54 Å². The summed E-state index contributed by atoms with van der Waals surface area (Å²) in [4.78, 5) is 14.4. The molecule has 2 aliphatic rings. The summed E-state index contributed by atoms with van der Waals surface area (Å²) in [6.07, 6.45) is 4.36. The Kier molecular flexibility index (Phi) is 4.05. The zero-order valence-corrected chi connectivity index (χ0v) is 11.0. The van der Waals surface area contributed by atoms with Crippen LogP contribution in [0.2, 0.25) is 0 Å². The van der Waals surface area contributed by atoms with Crippen LogP contribution in [0.5, 0.6) is 0 Å². The minimum atomic E-state index is -0.412. The lowest BCUT2D eigenvalue weighted by Gasteiger charge is -2.39. The lowest BCUT2D eigenvalue weighted by atomic mass is 9.87. The van der Waals surface area contributed by atoms with Gasteiger partial charge in [-0.25, -0.2) is 0 Å². The van der Waals surface area contributed by atoms with E-state index in [0.717, 1.165) is 38.4 Å². The summed E-state index contributed by atoms with van der Waals surface area (Å²) in [6, 6.07) is 0. The highest BCUT2D eigenvalue weighted by Gasteiger charge is 2.42. The van der Waals surface area contributed by atoms with E-state index >= 15 is 0 Å². The molecule has 1 saturated heterocycles. The van der Waals surface area contributed by atoms with Crippen LogP contribution in [-0.4, -0.2) is 49.7 Å². The molecule has 0 aromatic carbocycles. The lowest BCUT2D eigenvalue weighted by molar-refractivity contribution is -0.153. The first kappa shape index (κ1) is 12.8. The number of nitrogens with zero attached hydrogens (tertiary/aromatic N) is 1. The first-order valence-corrected chi connectivity index (χ1v) is 6.77. The number of hydrogen-bond donors (Lipinski definition) is 1. The van der Waals surface area contributed by atoms with Crippen molar-refractivity contribution in [3.05, 3.63) is 0 Å². The maximum atomic E-state index is 12.2. The predicted molar refractivity (Wildman–Crippen MR) is 66.8 cm³/mol. The van der Waals surface area contributed by atoms with Crippen molar-refractivity contribution in [3.8, 4) is 0 Å². The summed E-state index contributed by atoms with van der Waals surface area (Å²) in [5.74, 6) is 0.745. The molecule has 1 N–H and O–H groups in total. The van der Waals surface area contributed by atoms with Crippen molar-refractivity contribution in [1.82, 2.24) is 10.2 Å². The van der Waals surface area contributed by atoms with Gasteiger partial charge in [-0.15, -0.1) is 0 Å². The smallest absolute Gasteiger partial charge is 0.326 e. The van der Waals surface area contributed by atoms with Gasteiger partial charge < -0.3 is 15.0 Å². The molecule has 0 spiro atoms. The fourth-order valence-corrected chi connectivity index (χ4v) is 2.38. The third-order valence-corrected chi connectivity index (χ3v) is 3.93. The average Bonchev–Trinajstić information content (AvgIpc) is 3.13. The standard InChI is InChI=1S/C13H24N2O2/c1-3-17-12(16)13(14-10-11-4-5-11)6-8-15(2)9-7-13/h11,14H,3-10H2,1-2H3. The van der Waals surface area contributed by atoms with E-state index in [-0.39, 0.29) is 5.97 Å². The summed E-state index contributed by atoms with van der Waals surface area (Å²) >= 11 is 0. The van der Waals surface area contributed by atoms with Gasteiger partial charge in [-0.05, 0) is 52.1 Å². The molecule has 4 heteroatoms. The molecule has 1 saturated carbocycles. The third kappa shape index (κ3) is 3.19. The van der Waals surface area contributed by atoms with Crippen LogP contribution in [0.3, 0.4) is 0 Å². The molecule has 0 amide bonds. The van der Waals surface area contributed by atoms with Crippen LogP contribution in [0.25, 0.3) is 0 Å². The Morgan fingerprint density at radius 3 is 2.59 bits per heavy atom. The van der Waals surface area contributed by atoms with Gasteiger partial charge in [-0.1, -0.05) is 0 Å². The number of esters is 1. The van der Waals surface area contributed by atoms with Gasteiger partial charge in [0.2, 0.25) is 0 Å². The number of likely N-dealkylation sites (tertiary alicyclic amines) is 1. The zero-order valence-electron chi connectivity index (χ0n) is 11.0. The molecule has 1 heterocycles. The minimum absolute atomic E-state index is 0.0475. The molecule has 0 unspecified atom stereocenters. The van der Waals surface area contributed by atoms with Gasteiger partial charge in [0, 0.05) is 13.1 Å². The first-order valence-electron chi connectivity index (χ1n) is 6.77. The molecule has 17 heavy (non-hydrogen) atoms. The van der Waals surface area contributed by atoms with Crippen LogP contribution in [0.15, 0.2) is 0 Å². The average molecular weight is 240 g/mol. The van der Waals surface area contributed by atoms with Crippen LogP contribution in [-0.2, 0) is 9.53 Å². The molecule has 0 aromatic heterocycles. The second kappa shape index (κ2) is 5.36. The van der Waals surface area contributed by atoms with E-state index in [9.17, 15) is 4.79 Å². The van der Waals surface area contributed by atoms with Crippen molar-refractivity contribution >= 4 is 5.97 Å². The van der Waals surface area contributed by atoms with Gasteiger partial charge in [-0.3, -0.25) is 4.79 Å². The number of piperidine rings is 1. The first-order chi connectivity index (χ1) is 8.16. The van der Waals surface area contributed by atoms with Crippen LogP contribution in [0, 0.1) is 5.92 Å². The number of rotatable bonds is 5. The highest BCUT2D eigenvalue weighted by molar-refractivity contribution is 5.81. The highest BCUT2D eigenvalue weighted by Crippen LogP contribution is 2.30. The second-order valence-electron chi connectivity index (χ2n) is 5.43. The Morgan fingerprint density at radius 1 is 1.41 bits per heavy atom. The molecular formula is C13H24N2O2. The van der Waals surface area contributed by atoms with Crippen molar-refractivity contribution in [3.63, 3.8) is 0 Å². The van der Waals surface area contributed by atoms with Crippen LogP contribution >= 0.6 is 0 Å². The van der Waals surface area contributed by atoms with Crippen molar-refractivity contribution < 1.29 is 9.53 Å². The van der Waals surface area contributed by atoms with Crippen LogP contribution in [0.4, 0.5) is 0 Å². The molecule has 0 radical (unpaired) electrons. The highest BCUT2D eigenvalue weighted by atomic mass is 16.5. The summed E-state index contributed by atoms with van der Waals surface area (Å²) in [5, 5.41) is 3.50. The van der Waals surface area contributed by atoms with Crippen LogP contribution in [0.1, 0.15) is 32.6 Å². The Labute approximate surface area is 104 Å². The molecule has 1 aliphatic heterocycles. The Balaban J connectivity index is 1.96. The van der Waals surface area contributed by atoms with Crippen molar-refractivity contribution in [1.29, 1.82) is 0 Å². The predicted octanol–water partition coefficient (Wildman–Crippen LogP) is 1.01. The zero-order chi connectivity index (χ0) is 12.3. The van der Waals surface area contributed by atoms with E-state index in [1.807, 2.05) is 6.92 Å². The molecule has 2 fully saturated rings. The molecule has 2 rings (SSSR count). The molecule has 4 nitrogen and oxygen atoms in total. The summed E-state index contributed by atoms with van der Waals surface area (Å²) in [7, 11) is 2.11. The topological polar surface area (TPSA) is 41.6 Å². The van der Waals surface area contributed by atoms with Gasteiger partial charge >= 0.3 is 5.97 Å². The van der Waals surface area contributed by atoms with Crippen molar-refractivity contribution in [2.24, 2.45) is 5.92 Å². The summed E-state index contributed by atoms with van der Waals surface area (Å²) in [5.41, 5.74) is -0.412. The summed E-state index contributed by atoms with van der Waals surface area (Å²) < 4.78 is 5.25. The normalized spacial score (nSPS) is 24.6. The Morgan fingerprint density at radius 2 is 2.06 bits per heavy atom. The Bertz CT molecular complexity index is 269. The van der Waals surface area contributed by atoms with Crippen LogP contribution < -0.4 is 5.32 Å². The van der Waals surface area contributed by atoms with Crippen molar-refractivity contribution in [2.75, 3.05) is 33.3 Å². The van der Waals surface area contributed by atoms with E-state index in [2.05, 4.69) is 17.3 Å². The number of hydrogen-bond acceptors (Lipinski definition) is 4. The van der Waals surface area contributed by atoms with Gasteiger partial charge in [0.25, 0.3) is 0 Å². The molecule has 0 aromatic rings. The van der Waals surface area contributed by atoms with E-state index < -0.39 is 5.54 Å². The second-order valence-corrected chi connectivity index (χ2v) is 5.43. The van der Waals surface area contributed by atoms with E-state index in [4.69, 9.17) is 4.74 Å². The van der Waals surface area contributed by atoms with Crippen molar-refractivity contribution in [2.45, 2.75) is 38.1 Å².